The Labute approximate surface area is 90.5 Å². The maximum absolute atomic E-state index is 11.6. The van der Waals surface area contributed by atoms with Crippen molar-refractivity contribution in [3.8, 4) is 0 Å². The summed E-state index contributed by atoms with van der Waals surface area (Å²) >= 11 is 0. The van der Waals surface area contributed by atoms with Crippen molar-refractivity contribution >= 4 is 11.8 Å². The van der Waals surface area contributed by atoms with Crippen molar-refractivity contribution in [2.75, 3.05) is 13.6 Å². The van der Waals surface area contributed by atoms with E-state index < -0.39 is 17.6 Å². The number of carbonyl (C=O) groups is 2. The molecule has 0 aromatic carbocycles. The number of aliphatic hydroxyl groups is 1. The van der Waals surface area contributed by atoms with E-state index >= 15 is 0 Å². The van der Waals surface area contributed by atoms with Gasteiger partial charge in [-0.3, -0.25) is 9.59 Å². The summed E-state index contributed by atoms with van der Waals surface area (Å²) in [5.74, 6) is -0.719. The Morgan fingerprint density at radius 3 is 2.27 bits per heavy atom. The molecule has 0 fully saturated rings. The van der Waals surface area contributed by atoms with E-state index in [2.05, 4.69) is 5.32 Å². The van der Waals surface area contributed by atoms with E-state index in [0.29, 0.717) is 6.54 Å². The first-order chi connectivity index (χ1) is 6.70. The quantitative estimate of drug-likeness (QED) is 0.680. The summed E-state index contributed by atoms with van der Waals surface area (Å²) in [6.07, 6.45) is 0. The van der Waals surface area contributed by atoms with Gasteiger partial charge in [0, 0.05) is 13.6 Å². The lowest BCUT2D eigenvalue weighted by atomic mass is 10.1. The molecule has 2 N–H and O–H groups in total. The van der Waals surface area contributed by atoms with E-state index in [-0.39, 0.29) is 5.91 Å². The highest BCUT2D eigenvalue weighted by Gasteiger charge is 2.27. The van der Waals surface area contributed by atoms with Gasteiger partial charge in [-0.2, -0.15) is 0 Å². The molecule has 0 saturated carbocycles. The van der Waals surface area contributed by atoms with Crippen LogP contribution in [0.5, 0.6) is 0 Å². The third-order valence-corrected chi connectivity index (χ3v) is 2.12. The molecule has 0 aliphatic heterocycles. The van der Waals surface area contributed by atoms with Crippen LogP contribution < -0.4 is 5.32 Å². The normalized spacial score (nSPS) is 13.2. The fourth-order valence-electron chi connectivity index (χ4n) is 0.921. The number of likely N-dealkylation sites (N-methyl/N-ethyl adjacent to an activating group) is 1. The van der Waals surface area contributed by atoms with E-state index in [1.807, 2.05) is 6.92 Å². The van der Waals surface area contributed by atoms with Crippen LogP contribution >= 0.6 is 0 Å². The summed E-state index contributed by atoms with van der Waals surface area (Å²) < 4.78 is 0. The van der Waals surface area contributed by atoms with Crippen LogP contribution in [0.1, 0.15) is 27.7 Å². The Balaban J connectivity index is 4.32. The van der Waals surface area contributed by atoms with Gasteiger partial charge >= 0.3 is 0 Å². The second kappa shape index (κ2) is 5.11. The number of nitrogens with zero attached hydrogens (tertiary/aromatic N) is 1. The predicted octanol–water partition coefficient (Wildman–Crippen LogP) is -0.260. The zero-order chi connectivity index (χ0) is 12.2. The molecule has 1 atom stereocenters. The molecule has 0 aromatic rings. The summed E-state index contributed by atoms with van der Waals surface area (Å²) in [4.78, 5) is 24.4. The highest BCUT2D eigenvalue weighted by molar-refractivity contribution is 5.90. The second-order valence-electron chi connectivity index (χ2n) is 4.11. The van der Waals surface area contributed by atoms with Gasteiger partial charge in [-0.25, -0.2) is 0 Å². The Morgan fingerprint density at radius 2 is 1.93 bits per heavy atom. The summed E-state index contributed by atoms with van der Waals surface area (Å²) in [5.41, 5.74) is -1.46. The molecule has 0 aromatic heterocycles. The van der Waals surface area contributed by atoms with Crippen LogP contribution in [-0.2, 0) is 9.59 Å². The Hall–Kier alpha value is -1.10. The second-order valence-corrected chi connectivity index (χ2v) is 4.11. The molecular formula is C10H20N2O3. The number of amides is 2. The molecule has 0 heterocycles. The van der Waals surface area contributed by atoms with E-state index in [0.717, 1.165) is 0 Å². The molecule has 15 heavy (non-hydrogen) atoms. The molecule has 5 nitrogen and oxygen atoms in total. The number of hydrogen-bond acceptors (Lipinski definition) is 3. The average molecular weight is 216 g/mol. The smallest absolute Gasteiger partial charge is 0.252 e. The van der Waals surface area contributed by atoms with E-state index in [9.17, 15) is 14.7 Å². The molecule has 0 saturated heterocycles. The van der Waals surface area contributed by atoms with Crippen LogP contribution in [0, 0.1) is 0 Å². The van der Waals surface area contributed by atoms with Gasteiger partial charge in [0.1, 0.15) is 11.6 Å². The van der Waals surface area contributed by atoms with Crippen LogP contribution in [0.3, 0.4) is 0 Å². The molecule has 0 rings (SSSR count). The Bertz CT molecular complexity index is 246. The lowest BCUT2D eigenvalue weighted by molar-refractivity contribution is -0.141. The molecule has 0 aliphatic rings. The largest absolute Gasteiger partial charge is 0.381 e. The molecule has 2 amide bonds. The average Bonchev–Trinajstić information content (AvgIpc) is 2.13. The van der Waals surface area contributed by atoms with E-state index in [1.54, 1.807) is 14.0 Å². The van der Waals surface area contributed by atoms with Gasteiger partial charge in [-0.05, 0) is 27.7 Å². The number of nitrogens with one attached hydrogen (secondary N) is 1. The van der Waals surface area contributed by atoms with Crippen molar-refractivity contribution in [2.45, 2.75) is 39.3 Å². The summed E-state index contributed by atoms with van der Waals surface area (Å²) in [5, 5.41) is 11.8. The van der Waals surface area contributed by atoms with Crippen molar-refractivity contribution in [1.29, 1.82) is 0 Å². The van der Waals surface area contributed by atoms with Crippen molar-refractivity contribution < 1.29 is 14.7 Å². The maximum atomic E-state index is 11.6. The zero-order valence-corrected chi connectivity index (χ0v) is 10.00. The van der Waals surface area contributed by atoms with Crippen molar-refractivity contribution in [1.82, 2.24) is 10.2 Å². The van der Waals surface area contributed by atoms with Gasteiger partial charge in [-0.1, -0.05) is 0 Å². The highest BCUT2D eigenvalue weighted by atomic mass is 16.3. The fourth-order valence-corrected chi connectivity index (χ4v) is 0.921. The number of carbonyl (C=O) groups excluding carboxylic acids is 2. The highest BCUT2D eigenvalue weighted by Crippen LogP contribution is 2.01. The Kier molecular flexibility index (Phi) is 4.74. The molecule has 0 radical (unpaired) electrons. The molecule has 88 valence electrons. The monoisotopic (exact) mass is 216 g/mol. The number of rotatable bonds is 4. The third kappa shape index (κ3) is 4.29. The lowest BCUT2D eigenvalue weighted by Crippen LogP contribution is -2.51. The maximum Gasteiger partial charge on any atom is 0.252 e. The SMILES string of the molecule is CCN(C)C(=O)C(C)NC(=O)C(C)(C)O. The zero-order valence-electron chi connectivity index (χ0n) is 10.00. The lowest BCUT2D eigenvalue weighted by Gasteiger charge is -2.23. The van der Waals surface area contributed by atoms with Gasteiger partial charge in [0.15, 0.2) is 0 Å². The van der Waals surface area contributed by atoms with Crippen LogP contribution in [-0.4, -0.2) is 47.1 Å². The van der Waals surface area contributed by atoms with Crippen LogP contribution in [0.15, 0.2) is 0 Å². The van der Waals surface area contributed by atoms with Crippen LogP contribution in [0.2, 0.25) is 0 Å². The van der Waals surface area contributed by atoms with Crippen molar-refractivity contribution in [3.63, 3.8) is 0 Å². The van der Waals surface area contributed by atoms with E-state index in [4.69, 9.17) is 0 Å². The first-order valence-corrected chi connectivity index (χ1v) is 4.98. The minimum Gasteiger partial charge on any atom is -0.381 e. The number of hydrogen-bond donors (Lipinski definition) is 2. The van der Waals surface area contributed by atoms with Crippen LogP contribution in [0.25, 0.3) is 0 Å². The molecule has 0 aliphatic carbocycles. The van der Waals surface area contributed by atoms with Gasteiger partial charge in [0.2, 0.25) is 5.91 Å². The van der Waals surface area contributed by atoms with Crippen molar-refractivity contribution in [3.05, 3.63) is 0 Å². The predicted molar refractivity (Wildman–Crippen MR) is 57.2 cm³/mol. The van der Waals surface area contributed by atoms with Gasteiger partial charge in [-0.15, -0.1) is 0 Å². The van der Waals surface area contributed by atoms with Gasteiger partial charge in [0.25, 0.3) is 5.91 Å². The first-order valence-electron chi connectivity index (χ1n) is 4.98. The summed E-state index contributed by atoms with van der Waals surface area (Å²) in [6, 6.07) is -0.617. The molecule has 0 spiro atoms. The summed E-state index contributed by atoms with van der Waals surface area (Å²) in [6.45, 7) is 6.79. The molecule has 0 bridgehead atoms. The van der Waals surface area contributed by atoms with Gasteiger partial charge < -0.3 is 15.3 Å². The molecule has 5 heteroatoms. The minimum absolute atomic E-state index is 0.171. The third-order valence-electron chi connectivity index (χ3n) is 2.12. The molecule has 1 unspecified atom stereocenters. The first kappa shape index (κ1) is 13.9. The fraction of sp³-hybridized carbons (Fsp3) is 0.800. The molecular weight excluding hydrogens is 196 g/mol. The summed E-state index contributed by atoms with van der Waals surface area (Å²) in [7, 11) is 1.66. The standard InChI is InChI=1S/C10H20N2O3/c1-6-12(5)8(13)7(2)11-9(14)10(3,4)15/h7,15H,6H2,1-5H3,(H,11,14). The van der Waals surface area contributed by atoms with Crippen molar-refractivity contribution in [2.24, 2.45) is 0 Å². The Morgan fingerprint density at radius 1 is 1.47 bits per heavy atom. The minimum atomic E-state index is -1.46. The van der Waals surface area contributed by atoms with Crippen LogP contribution in [0.4, 0.5) is 0 Å². The van der Waals surface area contributed by atoms with Gasteiger partial charge in [0.05, 0.1) is 0 Å². The topological polar surface area (TPSA) is 69.6 Å². The van der Waals surface area contributed by atoms with E-state index in [1.165, 1.54) is 18.7 Å².